The van der Waals surface area contributed by atoms with Crippen LogP contribution in [-0.4, -0.2) is 176 Å². The van der Waals surface area contributed by atoms with Crippen LogP contribution in [0.25, 0.3) is 0 Å². The number of nitrogens with one attached hydrogen (secondary N) is 6. The minimum Gasteiger partial charge on any atom is -0.396 e. The van der Waals surface area contributed by atoms with Gasteiger partial charge in [-0.1, -0.05) is 11.1 Å². The van der Waals surface area contributed by atoms with Gasteiger partial charge in [-0.3, -0.25) is 58.8 Å². The molecule has 24 heteroatoms. The lowest BCUT2D eigenvalue weighted by Crippen LogP contribution is -2.59. The molecule has 1 heterocycles. The Kier molecular flexibility index (Phi) is 24.5. The summed E-state index contributed by atoms with van der Waals surface area (Å²) in [5.74, 6) is -8.17. The monoisotopic (exact) mass is 857 g/mol. The maximum absolute atomic E-state index is 13.8. The molecule has 1 aliphatic heterocycles. The first-order valence-electron chi connectivity index (χ1n) is 19.2. The highest BCUT2D eigenvalue weighted by molar-refractivity contribution is 5.97. The van der Waals surface area contributed by atoms with Crippen LogP contribution in [0.3, 0.4) is 0 Å². The fraction of sp³-hybridized carbons (Fsp3) is 0.639. The zero-order valence-electron chi connectivity index (χ0n) is 34.0. The van der Waals surface area contributed by atoms with Crippen molar-refractivity contribution in [2.24, 2.45) is 0 Å². The summed E-state index contributed by atoms with van der Waals surface area (Å²) < 4.78 is 0. The molecule has 0 spiro atoms. The third kappa shape index (κ3) is 20.4. The normalized spacial score (nSPS) is 20.3. The lowest BCUT2D eigenvalue weighted by Gasteiger charge is -2.26. The summed E-state index contributed by atoms with van der Waals surface area (Å²) in [5, 5.41) is 73.4. The third-order valence-corrected chi connectivity index (χ3v) is 8.81. The van der Waals surface area contributed by atoms with E-state index in [1.54, 1.807) is 13.8 Å². The van der Waals surface area contributed by atoms with Crippen LogP contribution >= 0.6 is 0 Å². The van der Waals surface area contributed by atoms with E-state index in [0.717, 1.165) is 19.1 Å². The van der Waals surface area contributed by atoms with E-state index < -0.39 is 97.0 Å². The van der Waals surface area contributed by atoms with Gasteiger partial charge in [-0.15, -0.1) is 0 Å². The molecule has 1 rings (SSSR count). The highest BCUT2D eigenvalue weighted by Crippen LogP contribution is 2.09. The van der Waals surface area contributed by atoms with E-state index in [1.807, 2.05) is 0 Å². The van der Waals surface area contributed by atoms with E-state index in [-0.39, 0.29) is 84.2 Å². The standard InChI is InChI=1S/C36H59N9O15/c1-22(10-15-46)17-31(52)44(59)13-5-7-25-33(54)37-20-30(51)40-28(21-48)34(55)38-19-29(50)39-26(8-6-14-45(60)32(53)18-23(2)11-16-47)35(56)42-27(36(57)41-25)9-4-12-43(58)24(3)49/h17-18,25-28,46-48,58-60H,4-16,19-21H2,1-3H3,(H,37,54)(H,38,55)(H,39,50)(H,40,51)(H,41,57)(H,42,56). The molecule has 4 unspecified atom stereocenters. The maximum atomic E-state index is 13.8. The van der Waals surface area contributed by atoms with Gasteiger partial charge in [0.15, 0.2) is 0 Å². The van der Waals surface area contributed by atoms with Gasteiger partial charge in [0.1, 0.15) is 24.2 Å². The first-order valence-corrected chi connectivity index (χ1v) is 19.2. The van der Waals surface area contributed by atoms with Crippen molar-refractivity contribution in [3.63, 3.8) is 0 Å². The Morgan fingerprint density at radius 2 is 0.900 bits per heavy atom. The number of hydrogen-bond acceptors (Lipinski definition) is 15. The minimum atomic E-state index is -1.58. The summed E-state index contributed by atoms with van der Waals surface area (Å²) >= 11 is 0. The minimum absolute atomic E-state index is 0.0871. The molecule has 0 radical (unpaired) electrons. The van der Waals surface area contributed by atoms with E-state index in [2.05, 4.69) is 31.9 Å². The average Bonchev–Trinajstić information content (AvgIpc) is 3.19. The number of carbonyl (C=O) groups is 9. The molecular weight excluding hydrogens is 798 g/mol. The Hall–Kier alpha value is -5.53. The Morgan fingerprint density at radius 1 is 0.550 bits per heavy atom. The van der Waals surface area contributed by atoms with Crippen molar-refractivity contribution in [3.05, 3.63) is 23.3 Å². The lowest BCUT2D eigenvalue weighted by atomic mass is 10.1. The van der Waals surface area contributed by atoms with Crippen LogP contribution in [0, 0.1) is 0 Å². The van der Waals surface area contributed by atoms with E-state index in [4.69, 9.17) is 10.2 Å². The van der Waals surface area contributed by atoms with E-state index in [1.165, 1.54) is 0 Å². The summed E-state index contributed by atoms with van der Waals surface area (Å²) in [6.07, 6.45) is 1.45. The molecule has 0 aliphatic carbocycles. The number of rotatable bonds is 19. The molecule has 0 aromatic heterocycles. The van der Waals surface area contributed by atoms with Crippen molar-refractivity contribution in [1.82, 2.24) is 47.1 Å². The number of hydrogen-bond donors (Lipinski definition) is 12. The predicted molar refractivity (Wildman–Crippen MR) is 206 cm³/mol. The zero-order chi connectivity index (χ0) is 45.4. The molecule has 338 valence electrons. The largest absolute Gasteiger partial charge is 0.396 e. The van der Waals surface area contributed by atoms with Gasteiger partial charge in [0.25, 0.3) is 11.8 Å². The van der Waals surface area contributed by atoms with Gasteiger partial charge in [0.05, 0.1) is 19.7 Å². The van der Waals surface area contributed by atoms with Gasteiger partial charge in [-0.25, -0.2) is 15.2 Å². The molecule has 1 fully saturated rings. The molecule has 12 N–H and O–H groups in total. The summed E-state index contributed by atoms with van der Waals surface area (Å²) in [7, 11) is 0. The fourth-order valence-corrected chi connectivity index (χ4v) is 5.40. The lowest BCUT2D eigenvalue weighted by molar-refractivity contribution is -0.163. The van der Waals surface area contributed by atoms with Crippen molar-refractivity contribution in [1.29, 1.82) is 0 Å². The third-order valence-electron chi connectivity index (χ3n) is 8.81. The van der Waals surface area contributed by atoms with Crippen LogP contribution in [0.2, 0.25) is 0 Å². The van der Waals surface area contributed by atoms with E-state index >= 15 is 0 Å². The van der Waals surface area contributed by atoms with E-state index in [0.29, 0.717) is 26.3 Å². The zero-order valence-corrected chi connectivity index (χ0v) is 34.0. The molecule has 1 saturated heterocycles. The second kappa shape index (κ2) is 28.0. The topological polar surface area (TPSA) is 357 Å². The maximum Gasteiger partial charge on any atom is 0.269 e. The van der Waals surface area contributed by atoms with Crippen LogP contribution in [-0.2, 0) is 43.2 Å². The predicted octanol–water partition coefficient (Wildman–Crippen LogP) is -4.16. The van der Waals surface area contributed by atoms with Gasteiger partial charge < -0.3 is 47.2 Å². The first kappa shape index (κ1) is 52.5. The SMILES string of the molecule is CC(=O)N(O)CCCC1NC(=O)C(CCCN(O)C(=O)C=C(C)CCO)NC(=O)CNC(=O)C(CO)NC(=O)CNC(=O)C(CCCN(O)C(=O)C=C(C)CCO)NC1=O. The van der Waals surface area contributed by atoms with Gasteiger partial charge in [0.2, 0.25) is 41.4 Å². The second-order valence-corrected chi connectivity index (χ2v) is 13.9. The number of aliphatic hydroxyl groups excluding tert-OH is 3. The summed E-state index contributed by atoms with van der Waals surface area (Å²) in [4.78, 5) is 116. The Balaban J connectivity index is 3.50. The van der Waals surface area contributed by atoms with Crippen LogP contribution < -0.4 is 31.9 Å². The van der Waals surface area contributed by atoms with Gasteiger partial charge in [0, 0.05) is 51.9 Å². The van der Waals surface area contributed by atoms with Crippen LogP contribution in [0.5, 0.6) is 0 Å². The van der Waals surface area contributed by atoms with Gasteiger partial charge in [-0.05, 0) is 65.2 Å². The number of aliphatic hydroxyl groups is 3. The molecule has 60 heavy (non-hydrogen) atoms. The molecule has 1 aliphatic rings. The number of hydroxylamine groups is 6. The highest BCUT2D eigenvalue weighted by Gasteiger charge is 2.31. The molecule has 24 nitrogen and oxygen atoms in total. The van der Waals surface area contributed by atoms with Crippen LogP contribution in [0.4, 0.5) is 0 Å². The summed E-state index contributed by atoms with van der Waals surface area (Å²) in [5.41, 5.74) is 0.948. The number of amides is 9. The molecule has 9 amide bonds. The van der Waals surface area contributed by atoms with Crippen molar-refractivity contribution in [3.8, 4) is 0 Å². The van der Waals surface area contributed by atoms with Crippen LogP contribution in [0.15, 0.2) is 23.3 Å². The number of carbonyl (C=O) groups excluding carboxylic acids is 9. The van der Waals surface area contributed by atoms with Crippen molar-refractivity contribution in [2.75, 3.05) is 52.5 Å². The summed E-state index contributed by atoms with van der Waals surface area (Å²) in [6.45, 7) is 0.320. The fourth-order valence-electron chi connectivity index (χ4n) is 5.40. The Labute approximate surface area is 346 Å². The Bertz CT molecular complexity index is 1530. The highest BCUT2D eigenvalue weighted by atomic mass is 16.5. The summed E-state index contributed by atoms with van der Waals surface area (Å²) in [6, 6.07) is -6.06. The molecular formula is C36H59N9O15. The molecule has 0 aromatic rings. The van der Waals surface area contributed by atoms with Crippen molar-refractivity contribution in [2.45, 2.75) is 96.3 Å². The smallest absolute Gasteiger partial charge is 0.269 e. The molecule has 0 bridgehead atoms. The number of nitrogens with zero attached hydrogens (tertiary/aromatic N) is 3. The average molecular weight is 858 g/mol. The first-order chi connectivity index (χ1) is 28.3. The van der Waals surface area contributed by atoms with Crippen LogP contribution in [0.1, 0.15) is 72.1 Å². The Morgan fingerprint density at radius 3 is 1.28 bits per heavy atom. The van der Waals surface area contributed by atoms with E-state index in [9.17, 15) is 63.9 Å². The van der Waals surface area contributed by atoms with Crippen molar-refractivity contribution < 1.29 is 74.1 Å². The molecule has 0 aromatic carbocycles. The molecule has 0 saturated carbocycles. The van der Waals surface area contributed by atoms with Gasteiger partial charge in [-0.2, -0.15) is 0 Å². The van der Waals surface area contributed by atoms with Crippen molar-refractivity contribution >= 4 is 53.2 Å². The quantitative estimate of drug-likeness (QED) is 0.0333. The second-order valence-electron chi connectivity index (χ2n) is 13.9. The molecule has 4 atom stereocenters. The van der Waals surface area contributed by atoms with Gasteiger partial charge >= 0.3 is 0 Å².